The van der Waals surface area contributed by atoms with Gasteiger partial charge >= 0.3 is 13.8 Å². The molecule has 0 radical (unpaired) electrons. The Balaban J connectivity index is 3.12. The summed E-state index contributed by atoms with van der Waals surface area (Å²) in [6, 6.07) is 2.03. The summed E-state index contributed by atoms with van der Waals surface area (Å²) in [5, 5.41) is 5.73. The molecule has 1 atom stereocenters. The number of hydrogen-bond acceptors (Lipinski definition) is 6. The zero-order valence-electron chi connectivity index (χ0n) is 16.9. The van der Waals surface area contributed by atoms with Gasteiger partial charge in [0.05, 0.1) is 30.2 Å². The average molecular weight is 425 g/mol. The number of anilines is 3. The Labute approximate surface area is 164 Å². The van der Waals surface area contributed by atoms with E-state index in [1.807, 2.05) is 13.8 Å². The smallest absolute Gasteiger partial charge is 0.397 e. The van der Waals surface area contributed by atoms with Crippen LogP contribution < -0.4 is 16.4 Å². The van der Waals surface area contributed by atoms with Crippen LogP contribution in [0, 0.1) is 0 Å². The van der Waals surface area contributed by atoms with Crippen LogP contribution in [0.3, 0.4) is 0 Å². The van der Waals surface area contributed by atoms with Crippen LogP contribution >= 0.6 is 7.60 Å². The van der Waals surface area contributed by atoms with E-state index in [4.69, 9.17) is 14.8 Å². The first-order valence-electron chi connectivity index (χ1n) is 9.45. The molecule has 0 spiro atoms. The van der Waals surface area contributed by atoms with E-state index < -0.39 is 19.3 Å². The SMILES string of the molecule is CCCCC(C)Nc1cc(NCP(=O)(OCC)OCC)c(N)cc1C(F)(F)F. The predicted octanol–water partition coefficient (Wildman–Crippen LogP) is 5.91. The molecule has 0 aliphatic carbocycles. The second-order valence-corrected chi connectivity index (χ2v) is 8.51. The Morgan fingerprint density at radius 2 is 1.75 bits per heavy atom. The summed E-state index contributed by atoms with van der Waals surface area (Å²) in [7, 11) is -3.42. The van der Waals surface area contributed by atoms with Crippen molar-refractivity contribution < 1.29 is 26.8 Å². The van der Waals surface area contributed by atoms with E-state index in [0.717, 1.165) is 25.3 Å². The maximum absolute atomic E-state index is 13.4. The largest absolute Gasteiger partial charge is 0.418 e. The third-order valence-electron chi connectivity index (χ3n) is 4.00. The van der Waals surface area contributed by atoms with Crippen molar-refractivity contribution in [3.8, 4) is 0 Å². The first-order chi connectivity index (χ1) is 13.1. The zero-order valence-corrected chi connectivity index (χ0v) is 17.8. The minimum absolute atomic E-state index is 0.0737. The summed E-state index contributed by atoms with van der Waals surface area (Å²) in [4.78, 5) is 0. The molecular weight excluding hydrogens is 394 g/mol. The van der Waals surface area contributed by atoms with Crippen LogP contribution in [0.15, 0.2) is 12.1 Å². The summed E-state index contributed by atoms with van der Waals surface area (Å²) in [5.41, 5.74) is 5.04. The molecule has 0 bridgehead atoms. The monoisotopic (exact) mass is 425 g/mol. The van der Waals surface area contributed by atoms with Gasteiger partial charge in [0.2, 0.25) is 0 Å². The average Bonchev–Trinajstić information content (AvgIpc) is 2.59. The molecule has 162 valence electrons. The number of unbranched alkanes of at least 4 members (excludes halogenated alkanes) is 1. The van der Waals surface area contributed by atoms with Gasteiger partial charge in [0, 0.05) is 11.7 Å². The molecule has 0 saturated carbocycles. The van der Waals surface area contributed by atoms with E-state index >= 15 is 0 Å². The van der Waals surface area contributed by atoms with Crippen molar-refractivity contribution in [2.75, 3.05) is 35.9 Å². The molecule has 0 aliphatic rings. The highest BCUT2D eigenvalue weighted by Crippen LogP contribution is 2.48. The highest BCUT2D eigenvalue weighted by molar-refractivity contribution is 7.53. The van der Waals surface area contributed by atoms with E-state index in [0.29, 0.717) is 0 Å². The van der Waals surface area contributed by atoms with E-state index in [9.17, 15) is 17.7 Å². The van der Waals surface area contributed by atoms with E-state index in [2.05, 4.69) is 10.6 Å². The molecule has 0 heterocycles. The molecule has 0 saturated heterocycles. The summed E-state index contributed by atoms with van der Waals surface area (Å²) in [6.45, 7) is 7.58. The second-order valence-electron chi connectivity index (χ2n) is 6.45. The van der Waals surface area contributed by atoms with Gasteiger partial charge in [-0.25, -0.2) is 0 Å². The molecule has 0 amide bonds. The summed E-state index contributed by atoms with van der Waals surface area (Å²) in [6.07, 6.45) is -2.15. The van der Waals surface area contributed by atoms with Gasteiger partial charge in [-0.15, -0.1) is 0 Å². The van der Waals surface area contributed by atoms with Crippen molar-refractivity contribution in [2.24, 2.45) is 0 Å². The van der Waals surface area contributed by atoms with Gasteiger partial charge in [-0.2, -0.15) is 13.2 Å². The van der Waals surface area contributed by atoms with Gasteiger partial charge in [0.15, 0.2) is 0 Å². The summed E-state index contributed by atoms with van der Waals surface area (Å²) >= 11 is 0. The quantitative estimate of drug-likeness (QED) is 0.285. The lowest BCUT2D eigenvalue weighted by atomic mass is 10.1. The molecule has 6 nitrogen and oxygen atoms in total. The Morgan fingerprint density at radius 3 is 2.25 bits per heavy atom. The van der Waals surface area contributed by atoms with Gasteiger partial charge in [0.1, 0.15) is 6.29 Å². The number of rotatable bonds is 12. The number of nitrogen functional groups attached to an aromatic ring is 1. The van der Waals surface area contributed by atoms with Crippen LogP contribution in [0.1, 0.15) is 52.5 Å². The standard InChI is InChI=1S/C18H31F3N3O3P/c1-5-8-9-13(4)24-16-11-17(15(22)10-14(16)18(19,20)21)23-12-28(25,26-6-2)27-7-3/h10-11,13,23-24H,5-9,12,22H2,1-4H3. The molecule has 10 heteroatoms. The normalized spacial score (nSPS) is 13.4. The lowest BCUT2D eigenvalue weighted by Gasteiger charge is -2.23. The molecule has 4 N–H and O–H groups in total. The fraction of sp³-hybridized carbons (Fsp3) is 0.667. The Hall–Kier alpha value is -1.44. The molecule has 1 rings (SSSR count). The molecule has 28 heavy (non-hydrogen) atoms. The van der Waals surface area contributed by atoms with Crippen molar-refractivity contribution in [3.05, 3.63) is 17.7 Å². The molecule has 1 aromatic carbocycles. The highest BCUT2D eigenvalue weighted by atomic mass is 31.2. The number of alkyl halides is 3. The van der Waals surface area contributed by atoms with E-state index in [1.54, 1.807) is 13.8 Å². The van der Waals surface area contributed by atoms with Crippen LogP contribution in [0.2, 0.25) is 0 Å². The van der Waals surface area contributed by atoms with Crippen LogP contribution in [0.25, 0.3) is 0 Å². The van der Waals surface area contributed by atoms with Crippen molar-refractivity contribution >= 4 is 24.7 Å². The van der Waals surface area contributed by atoms with Crippen molar-refractivity contribution in [1.29, 1.82) is 0 Å². The number of hydrogen-bond donors (Lipinski definition) is 3. The number of nitrogens with two attached hydrogens (primary N) is 1. The van der Waals surface area contributed by atoms with Gasteiger partial charge in [-0.1, -0.05) is 19.8 Å². The van der Waals surface area contributed by atoms with Crippen LogP contribution in [0.4, 0.5) is 30.2 Å². The molecule has 1 aromatic rings. The Morgan fingerprint density at radius 1 is 1.14 bits per heavy atom. The third kappa shape index (κ3) is 7.53. The molecule has 0 aliphatic heterocycles. The second kappa shape index (κ2) is 10.9. The molecule has 1 unspecified atom stereocenters. The van der Waals surface area contributed by atoms with E-state index in [-0.39, 0.29) is 42.6 Å². The fourth-order valence-corrected chi connectivity index (χ4v) is 4.08. The molecule has 0 fully saturated rings. The number of nitrogens with one attached hydrogen (secondary N) is 2. The number of halogens is 3. The van der Waals surface area contributed by atoms with Crippen LogP contribution in [-0.4, -0.2) is 25.5 Å². The summed E-state index contributed by atoms with van der Waals surface area (Å²) < 4.78 is 63.2. The van der Waals surface area contributed by atoms with Gasteiger partial charge in [0.25, 0.3) is 0 Å². The first-order valence-corrected chi connectivity index (χ1v) is 11.2. The highest BCUT2D eigenvalue weighted by Gasteiger charge is 2.35. The predicted molar refractivity (Wildman–Crippen MR) is 108 cm³/mol. The maximum Gasteiger partial charge on any atom is 0.418 e. The molecular formula is C18H31F3N3O3P. The lowest BCUT2D eigenvalue weighted by molar-refractivity contribution is -0.136. The number of benzene rings is 1. The topological polar surface area (TPSA) is 85.6 Å². The fourth-order valence-electron chi connectivity index (χ4n) is 2.68. The minimum Gasteiger partial charge on any atom is -0.397 e. The van der Waals surface area contributed by atoms with Crippen molar-refractivity contribution in [3.63, 3.8) is 0 Å². The molecule has 0 aromatic heterocycles. The van der Waals surface area contributed by atoms with Gasteiger partial charge in [-0.05, 0) is 39.3 Å². The van der Waals surface area contributed by atoms with Crippen molar-refractivity contribution in [1.82, 2.24) is 0 Å². The summed E-state index contributed by atoms with van der Waals surface area (Å²) in [5.74, 6) is 0. The van der Waals surface area contributed by atoms with Gasteiger partial charge in [-0.3, -0.25) is 4.57 Å². The Kier molecular flexibility index (Phi) is 9.60. The van der Waals surface area contributed by atoms with Crippen molar-refractivity contribution in [2.45, 2.75) is 59.2 Å². The van der Waals surface area contributed by atoms with E-state index in [1.165, 1.54) is 6.07 Å². The third-order valence-corrected chi connectivity index (χ3v) is 5.85. The zero-order chi connectivity index (χ0) is 21.4. The van der Waals surface area contributed by atoms with Crippen LogP contribution in [-0.2, 0) is 19.8 Å². The van der Waals surface area contributed by atoms with Crippen LogP contribution in [0.5, 0.6) is 0 Å². The first kappa shape index (κ1) is 24.6. The lowest BCUT2D eigenvalue weighted by Crippen LogP contribution is -2.20. The maximum atomic E-state index is 13.4. The Bertz CT molecular complexity index is 661. The van der Waals surface area contributed by atoms with Gasteiger partial charge < -0.3 is 25.4 Å². The minimum atomic E-state index is -4.55.